The summed E-state index contributed by atoms with van der Waals surface area (Å²) in [5, 5.41) is 3.55. The standard InChI is InChI=1S/C26H25N3OS/c1-3-22(25(30)27-21-17-11-10-12-18(21)2)31-26-28-23(19-13-6-4-7-14-19)24(29-26)20-15-8-5-9-16-20/h4-17,22H,3H2,1-2H3,(H,27,30)(H,28,29). The predicted molar refractivity (Wildman–Crippen MR) is 129 cm³/mol. The van der Waals surface area contributed by atoms with Crippen LogP contribution in [0, 0.1) is 6.92 Å². The molecular weight excluding hydrogens is 402 g/mol. The first-order chi connectivity index (χ1) is 15.2. The van der Waals surface area contributed by atoms with E-state index in [2.05, 4.69) is 34.6 Å². The summed E-state index contributed by atoms with van der Waals surface area (Å²) in [5.74, 6) is -0.0132. The number of amides is 1. The Kier molecular flexibility index (Phi) is 6.53. The van der Waals surface area contributed by atoms with E-state index >= 15 is 0 Å². The number of nitrogens with one attached hydrogen (secondary N) is 2. The largest absolute Gasteiger partial charge is 0.332 e. The highest BCUT2D eigenvalue weighted by molar-refractivity contribution is 8.00. The van der Waals surface area contributed by atoms with Crippen molar-refractivity contribution in [3.63, 3.8) is 0 Å². The van der Waals surface area contributed by atoms with Crippen molar-refractivity contribution in [1.82, 2.24) is 9.97 Å². The molecule has 0 fully saturated rings. The number of rotatable bonds is 7. The number of imidazole rings is 1. The molecule has 31 heavy (non-hydrogen) atoms. The summed E-state index contributed by atoms with van der Waals surface area (Å²) in [6.07, 6.45) is 0.699. The summed E-state index contributed by atoms with van der Waals surface area (Å²) in [6, 6.07) is 28.1. The van der Waals surface area contributed by atoms with Crippen molar-refractivity contribution < 1.29 is 4.79 Å². The lowest BCUT2D eigenvalue weighted by molar-refractivity contribution is -0.115. The maximum atomic E-state index is 13.0. The zero-order valence-electron chi connectivity index (χ0n) is 17.6. The van der Waals surface area contributed by atoms with Crippen LogP contribution in [0.1, 0.15) is 18.9 Å². The number of H-pyrrole nitrogens is 1. The van der Waals surface area contributed by atoms with E-state index in [-0.39, 0.29) is 11.2 Å². The Morgan fingerprint density at radius 3 is 2.19 bits per heavy atom. The minimum atomic E-state index is -0.252. The number of nitrogens with zero attached hydrogens (tertiary/aromatic N) is 1. The maximum Gasteiger partial charge on any atom is 0.237 e. The Morgan fingerprint density at radius 2 is 1.55 bits per heavy atom. The Hall–Kier alpha value is -3.31. The lowest BCUT2D eigenvalue weighted by Crippen LogP contribution is -2.25. The predicted octanol–water partition coefficient (Wildman–Crippen LogP) is 6.56. The average molecular weight is 428 g/mol. The van der Waals surface area contributed by atoms with E-state index in [0.717, 1.165) is 38.9 Å². The molecule has 0 radical (unpaired) electrons. The van der Waals surface area contributed by atoms with Crippen molar-refractivity contribution in [1.29, 1.82) is 0 Å². The molecule has 2 N–H and O–H groups in total. The highest BCUT2D eigenvalue weighted by Gasteiger charge is 2.22. The summed E-state index contributed by atoms with van der Waals surface area (Å²) >= 11 is 1.47. The van der Waals surface area contributed by atoms with Crippen LogP contribution in [-0.2, 0) is 4.79 Å². The number of carbonyl (C=O) groups excluding carboxylic acids is 1. The number of aryl methyl sites for hydroxylation is 1. The van der Waals surface area contributed by atoms with Crippen molar-refractivity contribution in [2.24, 2.45) is 0 Å². The Balaban J connectivity index is 1.62. The molecule has 1 aromatic heterocycles. The topological polar surface area (TPSA) is 57.8 Å². The van der Waals surface area contributed by atoms with Crippen LogP contribution in [0.4, 0.5) is 5.69 Å². The molecule has 0 bridgehead atoms. The van der Waals surface area contributed by atoms with Crippen LogP contribution in [0.15, 0.2) is 90.1 Å². The van der Waals surface area contributed by atoms with Gasteiger partial charge in [0.25, 0.3) is 0 Å². The molecule has 0 saturated heterocycles. The van der Waals surface area contributed by atoms with Crippen LogP contribution in [0.2, 0.25) is 0 Å². The van der Waals surface area contributed by atoms with Crippen LogP contribution >= 0.6 is 11.8 Å². The first-order valence-electron chi connectivity index (χ1n) is 10.4. The normalized spacial score (nSPS) is 11.8. The number of hydrogen-bond donors (Lipinski definition) is 2. The molecule has 1 atom stereocenters. The highest BCUT2D eigenvalue weighted by Crippen LogP contribution is 2.34. The molecule has 0 aliphatic heterocycles. The Bertz CT molecular complexity index is 1100. The van der Waals surface area contributed by atoms with E-state index in [1.54, 1.807) is 0 Å². The number of anilines is 1. The summed E-state index contributed by atoms with van der Waals surface area (Å²) < 4.78 is 0. The summed E-state index contributed by atoms with van der Waals surface area (Å²) in [5.41, 5.74) is 5.86. The number of aromatic amines is 1. The third-order valence-corrected chi connectivity index (χ3v) is 6.36. The molecule has 4 rings (SSSR count). The summed E-state index contributed by atoms with van der Waals surface area (Å²) in [4.78, 5) is 21.3. The second kappa shape index (κ2) is 9.67. The van der Waals surface area contributed by atoms with Crippen molar-refractivity contribution in [2.75, 3.05) is 5.32 Å². The molecule has 1 unspecified atom stereocenters. The van der Waals surface area contributed by atoms with Gasteiger partial charge in [0.05, 0.1) is 16.6 Å². The van der Waals surface area contributed by atoms with Crippen LogP contribution in [0.25, 0.3) is 22.5 Å². The molecule has 4 aromatic rings. The molecule has 0 spiro atoms. The minimum absolute atomic E-state index is 0.0132. The molecule has 156 valence electrons. The number of hydrogen-bond acceptors (Lipinski definition) is 3. The average Bonchev–Trinajstić information content (AvgIpc) is 3.24. The van der Waals surface area contributed by atoms with Gasteiger partial charge >= 0.3 is 0 Å². The molecule has 1 heterocycles. The fourth-order valence-corrected chi connectivity index (χ4v) is 4.32. The van der Waals surface area contributed by atoms with Gasteiger partial charge in [-0.1, -0.05) is 97.5 Å². The molecule has 4 nitrogen and oxygen atoms in total. The number of benzene rings is 3. The number of para-hydroxylation sites is 1. The molecule has 5 heteroatoms. The zero-order valence-corrected chi connectivity index (χ0v) is 18.4. The molecular formula is C26H25N3OS. The molecule has 0 aliphatic rings. The van der Waals surface area contributed by atoms with E-state index in [9.17, 15) is 4.79 Å². The van der Waals surface area contributed by atoms with E-state index in [4.69, 9.17) is 4.98 Å². The number of thioether (sulfide) groups is 1. The van der Waals surface area contributed by atoms with Gasteiger partial charge < -0.3 is 10.3 Å². The second-order valence-electron chi connectivity index (χ2n) is 7.32. The number of aromatic nitrogens is 2. The van der Waals surface area contributed by atoms with Crippen LogP contribution in [-0.4, -0.2) is 21.1 Å². The second-order valence-corrected chi connectivity index (χ2v) is 8.51. The van der Waals surface area contributed by atoms with E-state index in [1.807, 2.05) is 74.5 Å². The van der Waals surface area contributed by atoms with Crippen LogP contribution in [0.5, 0.6) is 0 Å². The summed E-state index contributed by atoms with van der Waals surface area (Å²) in [7, 11) is 0. The SMILES string of the molecule is CCC(Sc1nc(-c2ccccc2)c(-c2ccccc2)[nH]1)C(=O)Nc1ccccc1C. The van der Waals surface area contributed by atoms with Gasteiger partial charge in [-0.25, -0.2) is 4.98 Å². The van der Waals surface area contributed by atoms with E-state index in [1.165, 1.54) is 11.8 Å². The van der Waals surface area contributed by atoms with Crippen LogP contribution in [0.3, 0.4) is 0 Å². The maximum absolute atomic E-state index is 13.0. The van der Waals surface area contributed by atoms with Crippen molar-refractivity contribution in [3.8, 4) is 22.5 Å². The zero-order chi connectivity index (χ0) is 21.6. The smallest absolute Gasteiger partial charge is 0.237 e. The first kappa shape index (κ1) is 20.9. The van der Waals surface area contributed by atoms with Crippen molar-refractivity contribution in [3.05, 3.63) is 90.5 Å². The fourth-order valence-electron chi connectivity index (χ4n) is 3.41. The van der Waals surface area contributed by atoms with Gasteiger partial charge in [0.1, 0.15) is 0 Å². The minimum Gasteiger partial charge on any atom is -0.332 e. The van der Waals surface area contributed by atoms with Crippen molar-refractivity contribution in [2.45, 2.75) is 30.7 Å². The molecule has 3 aromatic carbocycles. The lowest BCUT2D eigenvalue weighted by Gasteiger charge is -2.14. The fraction of sp³-hybridized carbons (Fsp3) is 0.154. The van der Waals surface area contributed by atoms with Crippen LogP contribution < -0.4 is 5.32 Å². The van der Waals surface area contributed by atoms with Gasteiger partial charge in [0.2, 0.25) is 5.91 Å². The van der Waals surface area contributed by atoms with Gasteiger partial charge in [-0.2, -0.15) is 0 Å². The molecule has 0 aliphatic carbocycles. The van der Waals surface area contributed by atoms with Gasteiger partial charge in [0, 0.05) is 16.8 Å². The quantitative estimate of drug-likeness (QED) is 0.328. The third kappa shape index (κ3) is 4.89. The highest BCUT2D eigenvalue weighted by atomic mass is 32.2. The summed E-state index contributed by atoms with van der Waals surface area (Å²) in [6.45, 7) is 4.02. The van der Waals surface area contributed by atoms with Gasteiger partial charge in [-0.15, -0.1) is 0 Å². The van der Waals surface area contributed by atoms with E-state index in [0.29, 0.717) is 6.42 Å². The first-order valence-corrected chi connectivity index (χ1v) is 11.3. The Labute approximate surface area is 187 Å². The molecule has 1 amide bonds. The molecule has 0 saturated carbocycles. The number of carbonyl (C=O) groups is 1. The third-order valence-electron chi connectivity index (χ3n) is 5.11. The Morgan fingerprint density at radius 1 is 0.935 bits per heavy atom. The van der Waals surface area contributed by atoms with Gasteiger partial charge in [-0.05, 0) is 25.0 Å². The van der Waals surface area contributed by atoms with Crippen molar-refractivity contribution >= 4 is 23.4 Å². The van der Waals surface area contributed by atoms with Gasteiger partial charge in [0.15, 0.2) is 5.16 Å². The van der Waals surface area contributed by atoms with E-state index < -0.39 is 0 Å². The van der Waals surface area contributed by atoms with Gasteiger partial charge in [-0.3, -0.25) is 4.79 Å². The lowest BCUT2D eigenvalue weighted by atomic mass is 10.1. The monoisotopic (exact) mass is 427 g/mol.